The van der Waals surface area contributed by atoms with Crippen molar-refractivity contribution in [1.82, 2.24) is 5.43 Å². The monoisotopic (exact) mass is 413 g/mol. The maximum atomic E-state index is 12.3. The molecule has 0 aliphatic rings. The van der Waals surface area contributed by atoms with Crippen LogP contribution in [0.5, 0.6) is 0 Å². The Morgan fingerprint density at radius 3 is 2.15 bits per heavy atom. The molecule has 0 aliphatic carbocycles. The van der Waals surface area contributed by atoms with Crippen LogP contribution in [0.15, 0.2) is 36.4 Å². The van der Waals surface area contributed by atoms with E-state index in [4.69, 9.17) is 34.8 Å². The lowest BCUT2D eigenvalue weighted by Gasteiger charge is -2.18. The molecule has 26 heavy (non-hydrogen) atoms. The van der Waals surface area contributed by atoms with E-state index in [0.717, 1.165) is 0 Å². The average molecular weight is 415 g/mol. The van der Waals surface area contributed by atoms with Crippen LogP contribution in [0.2, 0.25) is 15.1 Å². The summed E-state index contributed by atoms with van der Waals surface area (Å²) in [4.78, 5) is 24.4. The fourth-order valence-corrected chi connectivity index (χ4v) is 2.82. The molecule has 0 radical (unpaired) electrons. The summed E-state index contributed by atoms with van der Waals surface area (Å²) in [6.45, 7) is 5.42. The molecular formula is C18H18Cl3N3O2. The Morgan fingerprint density at radius 2 is 1.58 bits per heavy atom. The average Bonchev–Trinajstić information content (AvgIpc) is 2.53. The number of hydrogen-bond donors (Lipinski definition) is 3. The topological polar surface area (TPSA) is 70.2 Å². The van der Waals surface area contributed by atoms with Crippen molar-refractivity contribution in [3.63, 3.8) is 0 Å². The van der Waals surface area contributed by atoms with E-state index in [1.165, 1.54) is 12.1 Å². The first-order valence-electron chi connectivity index (χ1n) is 7.70. The minimum absolute atomic E-state index is 0.145. The summed E-state index contributed by atoms with van der Waals surface area (Å²) in [6, 6.07) is 9.59. The summed E-state index contributed by atoms with van der Waals surface area (Å²) in [5.41, 5.74) is 5.87. The van der Waals surface area contributed by atoms with Crippen molar-refractivity contribution in [1.29, 1.82) is 0 Å². The third kappa shape index (κ3) is 5.27. The largest absolute Gasteiger partial charge is 0.326 e. The van der Waals surface area contributed by atoms with Crippen LogP contribution in [-0.2, 0) is 4.79 Å². The van der Waals surface area contributed by atoms with Crippen LogP contribution in [0.4, 0.5) is 11.4 Å². The molecule has 0 bridgehead atoms. The summed E-state index contributed by atoms with van der Waals surface area (Å²) in [6.07, 6.45) is 0. The van der Waals surface area contributed by atoms with Gasteiger partial charge in [0.05, 0.1) is 15.7 Å². The van der Waals surface area contributed by atoms with Gasteiger partial charge >= 0.3 is 0 Å². The molecule has 0 saturated carbocycles. The van der Waals surface area contributed by atoms with Gasteiger partial charge in [0.15, 0.2) is 0 Å². The molecule has 2 aromatic rings. The number of carbonyl (C=O) groups is 2. The molecule has 0 aliphatic heterocycles. The van der Waals surface area contributed by atoms with Crippen molar-refractivity contribution in [2.24, 2.45) is 5.41 Å². The predicted molar refractivity (Wildman–Crippen MR) is 107 cm³/mol. The molecule has 0 heterocycles. The van der Waals surface area contributed by atoms with E-state index >= 15 is 0 Å². The molecule has 2 aromatic carbocycles. The Hall–Kier alpha value is -1.95. The molecule has 0 saturated heterocycles. The van der Waals surface area contributed by atoms with E-state index < -0.39 is 11.3 Å². The van der Waals surface area contributed by atoms with E-state index in [1.807, 2.05) is 20.8 Å². The number of hydrogen-bond acceptors (Lipinski definition) is 3. The minimum Gasteiger partial charge on any atom is -0.326 e. The van der Waals surface area contributed by atoms with Crippen molar-refractivity contribution < 1.29 is 9.59 Å². The third-order valence-corrected chi connectivity index (χ3v) is 4.19. The molecule has 2 rings (SSSR count). The smallest absolute Gasteiger partial charge is 0.269 e. The molecule has 3 N–H and O–H groups in total. The van der Waals surface area contributed by atoms with Gasteiger partial charge in [-0.15, -0.1) is 0 Å². The quantitative estimate of drug-likeness (QED) is 0.588. The zero-order valence-corrected chi connectivity index (χ0v) is 16.7. The van der Waals surface area contributed by atoms with E-state index in [1.54, 1.807) is 24.3 Å². The lowest BCUT2D eigenvalue weighted by Crippen LogP contribution is -2.30. The number of carbonyl (C=O) groups excluding carboxylic acids is 2. The molecular weight excluding hydrogens is 397 g/mol. The molecule has 8 heteroatoms. The highest BCUT2D eigenvalue weighted by molar-refractivity contribution is 6.41. The van der Waals surface area contributed by atoms with Crippen LogP contribution >= 0.6 is 34.8 Å². The Morgan fingerprint density at radius 1 is 0.962 bits per heavy atom. The molecule has 0 aromatic heterocycles. The number of nitrogens with one attached hydrogen (secondary N) is 3. The van der Waals surface area contributed by atoms with Gasteiger partial charge in [-0.1, -0.05) is 61.6 Å². The molecule has 0 atom stereocenters. The van der Waals surface area contributed by atoms with Crippen molar-refractivity contribution >= 4 is 58.0 Å². The number of halogens is 3. The van der Waals surface area contributed by atoms with E-state index in [0.29, 0.717) is 22.0 Å². The van der Waals surface area contributed by atoms with Gasteiger partial charge in [0.25, 0.3) is 5.91 Å². The fraction of sp³-hybridized carbons (Fsp3) is 0.222. The lowest BCUT2D eigenvalue weighted by atomic mass is 9.95. The van der Waals surface area contributed by atoms with Gasteiger partial charge in [-0.25, -0.2) is 0 Å². The minimum atomic E-state index is -0.540. The molecule has 2 amide bonds. The second kappa shape index (κ2) is 8.16. The Labute approximate surface area is 167 Å². The van der Waals surface area contributed by atoms with Crippen LogP contribution in [0, 0.1) is 5.41 Å². The molecule has 0 fully saturated rings. The van der Waals surface area contributed by atoms with Crippen LogP contribution < -0.4 is 16.2 Å². The van der Waals surface area contributed by atoms with E-state index in [9.17, 15) is 9.59 Å². The number of hydrazine groups is 1. The van der Waals surface area contributed by atoms with Crippen molar-refractivity contribution in [3.8, 4) is 0 Å². The summed E-state index contributed by atoms with van der Waals surface area (Å²) in [5, 5.41) is 3.71. The van der Waals surface area contributed by atoms with E-state index in [-0.39, 0.29) is 16.0 Å². The number of rotatable bonds is 4. The lowest BCUT2D eigenvalue weighted by molar-refractivity contribution is -0.123. The van der Waals surface area contributed by atoms with E-state index in [2.05, 4.69) is 16.2 Å². The maximum Gasteiger partial charge on any atom is 0.269 e. The first-order valence-corrected chi connectivity index (χ1v) is 8.84. The van der Waals surface area contributed by atoms with Crippen LogP contribution in [0.25, 0.3) is 0 Å². The van der Waals surface area contributed by atoms with Crippen LogP contribution in [0.3, 0.4) is 0 Å². The maximum absolute atomic E-state index is 12.3. The zero-order valence-electron chi connectivity index (χ0n) is 14.4. The van der Waals surface area contributed by atoms with Crippen LogP contribution in [-0.4, -0.2) is 11.8 Å². The summed E-state index contributed by atoms with van der Waals surface area (Å²) < 4.78 is 0. The van der Waals surface area contributed by atoms with Crippen molar-refractivity contribution in [3.05, 3.63) is 57.0 Å². The zero-order chi connectivity index (χ0) is 19.5. The van der Waals surface area contributed by atoms with Crippen LogP contribution in [0.1, 0.15) is 31.1 Å². The van der Waals surface area contributed by atoms with Gasteiger partial charge in [0.2, 0.25) is 5.91 Å². The molecule has 0 spiro atoms. The Kier molecular flexibility index (Phi) is 6.39. The first kappa shape index (κ1) is 20.4. The molecule has 0 unspecified atom stereocenters. The number of amides is 2. The van der Waals surface area contributed by atoms with Crippen molar-refractivity contribution in [2.75, 3.05) is 10.7 Å². The summed E-state index contributed by atoms with van der Waals surface area (Å²) in [5.74, 6) is -0.563. The SMILES string of the molecule is CC(C)(C)C(=O)Nc1cccc(C(=O)NNc2c(Cl)cc(Cl)cc2Cl)c1. The highest BCUT2D eigenvalue weighted by atomic mass is 35.5. The third-order valence-electron chi connectivity index (χ3n) is 3.37. The summed E-state index contributed by atoms with van der Waals surface area (Å²) in [7, 11) is 0. The Balaban J connectivity index is 2.09. The number of anilines is 2. The Bertz CT molecular complexity index is 825. The second-order valence-corrected chi connectivity index (χ2v) is 7.86. The standard InChI is InChI=1S/C18H18Cl3N3O2/c1-18(2,3)17(26)22-12-6-4-5-10(7-12)16(25)24-23-15-13(20)8-11(19)9-14(15)21/h4-9,23H,1-3H3,(H,22,26)(H,24,25). The van der Waals surface area contributed by atoms with Gasteiger partial charge in [-0.3, -0.25) is 20.4 Å². The fourth-order valence-electron chi connectivity index (χ4n) is 1.91. The van der Waals surface area contributed by atoms with Crippen molar-refractivity contribution in [2.45, 2.75) is 20.8 Å². The second-order valence-electron chi connectivity index (χ2n) is 6.61. The normalized spacial score (nSPS) is 11.0. The van der Waals surface area contributed by atoms with Gasteiger partial charge in [0, 0.05) is 21.7 Å². The highest BCUT2D eigenvalue weighted by Crippen LogP contribution is 2.33. The molecule has 5 nitrogen and oxygen atoms in total. The van der Waals surface area contributed by atoms with Gasteiger partial charge in [-0.05, 0) is 30.3 Å². The van der Waals surface area contributed by atoms with Gasteiger partial charge in [0.1, 0.15) is 0 Å². The highest BCUT2D eigenvalue weighted by Gasteiger charge is 2.21. The predicted octanol–water partition coefficient (Wildman–Crippen LogP) is 5.39. The van der Waals surface area contributed by atoms with Gasteiger partial charge in [-0.2, -0.15) is 0 Å². The summed E-state index contributed by atoms with van der Waals surface area (Å²) >= 11 is 18.0. The van der Waals surface area contributed by atoms with Gasteiger partial charge < -0.3 is 5.32 Å². The first-order chi connectivity index (χ1) is 12.1. The number of benzene rings is 2. The molecule has 138 valence electrons.